The van der Waals surface area contributed by atoms with Crippen LogP contribution in [0.1, 0.15) is 11.6 Å². The quantitative estimate of drug-likeness (QED) is 0.517. The van der Waals surface area contributed by atoms with Crippen LogP contribution in [0, 0.1) is 0 Å². The fraction of sp³-hybridized carbons (Fsp3) is 0.286. The molecule has 2 N–H and O–H groups in total. The van der Waals surface area contributed by atoms with E-state index < -0.39 is 11.8 Å². The summed E-state index contributed by atoms with van der Waals surface area (Å²) in [6.45, 7) is 3.88. The third kappa shape index (κ3) is 6.39. The summed E-state index contributed by atoms with van der Waals surface area (Å²) in [6, 6.07) is 27.8. The van der Waals surface area contributed by atoms with E-state index in [1.807, 2.05) is 38.4 Å². The molecule has 0 saturated carbocycles. The van der Waals surface area contributed by atoms with E-state index in [9.17, 15) is 9.59 Å². The zero-order valence-corrected chi connectivity index (χ0v) is 20.4. The van der Waals surface area contributed by atoms with Gasteiger partial charge in [-0.05, 0) is 42.0 Å². The van der Waals surface area contributed by atoms with Crippen molar-refractivity contribution in [1.82, 2.24) is 10.2 Å². The molecule has 1 heterocycles. The van der Waals surface area contributed by atoms with Gasteiger partial charge in [0.25, 0.3) is 0 Å². The zero-order valence-electron chi connectivity index (χ0n) is 20.4. The van der Waals surface area contributed by atoms with Crippen LogP contribution in [0.15, 0.2) is 84.9 Å². The lowest BCUT2D eigenvalue weighted by Crippen LogP contribution is -2.50. The first-order valence-electron chi connectivity index (χ1n) is 12.0. The number of benzene rings is 3. The third-order valence-electron chi connectivity index (χ3n) is 6.36. The van der Waals surface area contributed by atoms with Crippen LogP contribution in [0.5, 0.6) is 0 Å². The summed E-state index contributed by atoms with van der Waals surface area (Å²) < 4.78 is 0. The Kier molecular flexibility index (Phi) is 8.00. The summed E-state index contributed by atoms with van der Waals surface area (Å²) in [4.78, 5) is 31.8. The molecule has 0 aromatic heterocycles. The van der Waals surface area contributed by atoms with Gasteiger partial charge in [-0.15, -0.1) is 0 Å². The first-order valence-corrected chi connectivity index (χ1v) is 12.0. The van der Waals surface area contributed by atoms with E-state index >= 15 is 0 Å². The SMILES string of the molecule is CN(C)c1ccc(C(CNC(=O)C(=O)Nc2ccccc2)N2CCN(c3ccccc3)CC2)cc1. The molecule has 3 aromatic rings. The maximum Gasteiger partial charge on any atom is 0.313 e. The summed E-state index contributed by atoms with van der Waals surface area (Å²) in [5, 5.41) is 5.51. The zero-order chi connectivity index (χ0) is 24.6. The predicted octanol–water partition coefficient (Wildman–Crippen LogP) is 3.37. The molecule has 7 heteroatoms. The Morgan fingerprint density at radius 2 is 1.40 bits per heavy atom. The lowest BCUT2D eigenvalue weighted by atomic mass is 10.0. The number of rotatable bonds is 7. The lowest BCUT2D eigenvalue weighted by Gasteiger charge is -2.40. The molecule has 2 amide bonds. The number of nitrogens with zero attached hydrogens (tertiary/aromatic N) is 3. The van der Waals surface area contributed by atoms with Gasteiger partial charge in [0.1, 0.15) is 0 Å². The highest BCUT2D eigenvalue weighted by atomic mass is 16.2. The van der Waals surface area contributed by atoms with Crippen molar-refractivity contribution in [2.75, 3.05) is 61.9 Å². The van der Waals surface area contributed by atoms with Gasteiger partial charge in [0, 0.05) is 63.9 Å². The van der Waals surface area contributed by atoms with Crippen molar-refractivity contribution in [2.24, 2.45) is 0 Å². The number of para-hydroxylation sites is 2. The van der Waals surface area contributed by atoms with Crippen molar-refractivity contribution in [3.05, 3.63) is 90.5 Å². The summed E-state index contributed by atoms with van der Waals surface area (Å²) in [7, 11) is 4.03. The van der Waals surface area contributed by atoms with Gasteiger partial charge in [-0.3, -0.25) is 14.5 Å². The molecule has 3 aromatic carbocycles. The number of anilines is 3. The second-order valence-corrected chi connectivity index (χ2v) is 8.89. The van der Waals surface area contributed by atoms with Crippen molar-refractivity contribution in [3.63, 3.8) is 0 Å². The smallest absolute Gasteiger partial charge is 0.313 e. The van der Waals surface area contributed by atoms with E-state index in [1.54, 1.807) is 12.1 Å². The number of carbonyl (C=O) groups is 2. The third-order valence-corrected chi connectivity index (χ3v) is 6.36. The summed E-state index contributed by atoms with van der Waals surface area (Å²) in [5.74, 6) is -1.29. The molecule has 0 spiro atoms. The number of hydrogen-bond acceptors (Lipinski definition) is 5. The van der Waals surface area contributed by atoms with E-state index in [2.05, 4.69) is 73.9 Å². The van der Waals surface area contributed by atoms with Crippen molar-refractivity contribution in [2.45, 2.75) is 6.04 Å². The molecule has 1 aliphatic heterocycles. The fourth-order valence-electron chi connectivity index (χ4n) is 4.36. The van der Waals surface area contributed by atoms with Crippen molar-refractivity contribution in [1.29, 1.82) is 0 Å². The van der Waals surface area contributed by atoms with Crippen LogP contribution in [0.25, 0.3) is 0 Å². The van der Waals surface area contributed by atoms with Crippen molar-refractivity contribution in [3.8, 4) is 0 Å². The predicted molar refractivity (Wildman–Crippen MR) is 142 cm³/mol. The minimum atomic E-state index is -0.660. The Morgan fingerprint density at radius 3 is 2.00 bits per heavy atom. The molecule has 1 atom stereocenters. The van der Waals surface area contributed by atoms with Gasteiger partial charge in [-0.25, -0.2) is 0 Å². The van der Waals surface area contributed by atoms with Gasteiger partial charge in [0.2, 0.25) is 0 Å². The molecule has 0 bridgehead atoms. The van der Waals surface area contributed by atoms with Crippen LogP contribution >= 0.6 is 0 Å². The highest BCUT2D eigenvalue weighted by Crippen LogP contribution is 2.25. The van der Waals surface area contributed by atoms with Gasteiger partial charge < -0.3 is 20.4 Å². The minimum Gasteiger partial charge on any atom is -0.378 e. The van der Waals surface area contributed by atoms with Crippen LogP contribution in [-0.2, 0) is 9.59 Å². The number of hydrogen-bond donors (Lipinski definition) is 2. The summed E-state index contributed by atoms with van der Waals surface area (Å²) in [6.07, 6.45) is 0. The van der Waals surface area contributed by atoms with Crippen LogP contribution < -0.4 is 20.4 Å². The molecular weight excluding hydrogens is 438 g/mol. The van der Waals surface area contributed by atoms with E-state index in [1.165, 1.54) is 5.69 Å². The number of carbonyl (C=O) groups excluding carboxylic acids is 2. The van der Waals surface area contributed by atoms with Gasteiger partial charge in [0.05, 0.1) is 6.04 Å². The monoisotopic (exact) mass is 471 g/mol. The first kappa shape index (κ1) is 24.3. The summed E-state index contributed by atoms with van der Waals surface area (Å²) >= 11 is 0. The van der Waals surface area contributed by atoms with Crippen molar-refractivity contribution < 1.29 is 9.59 Å². The maximum atomic E-state index is 12.6. The molecule has 1 fully saturated rings. The first-order chi connectivity index (χ1) is 17.0. The van der Waals surface area contributed by atoms with Crippen LogP contribution in [0.4, 0.5) is 17.1 Å². The van der Waals surface area contributed by atoms with E-state index in [0.29, 0.717) is 12.2 Å². The molecular formula is C28H33N5O2. The maximum absolute atomic E-state index is 12.6. The highest BCUT2D eigenvalue weighted by Gasteiger charge is 2.26. The average molecular weight is 472 g/mol. The largest absolute Gasteiger partial charge is 0.378 e. The van der Waals surface area contributed by atoms with E-state index in [4.69, 9.17) is 0 Å². The van der Waals surface area contributed by atoms with E-state index in [0.717, 1.165) is 37.4 Å². The number of amides is 2. The highest BCUT2D eigenvalue weighted by molar-refractivity contribution is 6.39. The van der Waals surface area contributed by atoms with Gasteiger partial charge in [-0.2, -0.15) is 0 Å². The van der Waals surface area contributed by atoms with Gasteiger partial charge in [0.15, 0.2) is 0 Å². The van der Waals surface area contributed by atoms with Crippen molar-refractivity contribution >= 4 is 28.9 Å². The summed E-state index contributed by atoms with van der Waals surface area (Å²) in [5.41, 5.74) is 4.06. The molecule has 7 nitrogen and oxygen atoms in total. The molecule has 0 aliphatic carbocycles. The average Bonchev–Trinajstić information content (AvgIpc) is 2.90. The Hall–Kier alpha value is -3.84. The Labute approximate surface area is 207 Å². The fourth-order valence-corrected chi connectivity index (χ4v) is 4.36. The molecule has 182 valence electrons. The second kappa shape index (κ2) is 11.5. The number of nitrogens with one attached hydrogen (secondary N) is 2. The molecule has 1 aliphatic rings. The van der Waals surface area contributed by atoms with Gasteiger partial charge in [-0.1, -0.05) is 48.5 Å². The standard InChI is InChI=1S/C28H33N5O2/c1-31(2)24-15-13-22(14-16-24)26(21-29-27(34)28(35)30-23-9-5-3-6-10-23)33-19-17-32(18-20-33)25-11-7-4-8-12-25/h3-16,26H,17-21H2,1-2H3,(H,29,34)(H,30,35). The molecule has 0 radical (unpaired) electrons. The molecule has 35 heavy (non-hydrogen) atoms. The van der Waals surface area contributed by atoms with E-state index in [-0.39, 0.29) is 6.04 Å². The topological polar surface area (TPSA) is 67.9 Å². The Balaban J connectivity index is 1.43. The molecule has 4 rings (SSSR count). The number of piperazine rings is 1. The molecule has 1 unspecified atom stereocenters. The van der Waals surface area contributed by atoms with Crippen LogP contribution in [0.3, 0.4) is 0 Å². The van der Waals surface area contributed by atoms with Crippen LogP contribution in [0.2, 0.25) is 0 Å². The Morgan fingerprint density at radius 1 is 0.800 bits per heavy atom. The van der Waals surface area contributed by atoms with Gasteiger partial charge >= 0.3 is 11.8 Å². The van der Waals surface area contributed by atoms with Crippen LogP contribution in [-0.4, -0.2) is 63.5 Å². The lowest BCUT2D eigenvalue weighted by molar-refractivity contribution is -0.136. The normalized spacial score (nSPS) is 14.7. The minimum absolute atomic E-state index is 0.0300. The molecule has 1 saturated heterocycles. The second-order valence-electron chi connectivity index (χ2n) is 8.89. The Bertz CT molecular complexity index is 1100.